The molecular formula is C17H21FO2. The molecule has 0 aliphatic heterocycles. The molecule has 0 unspecified atom stereocenters. The molecule has 0 atom stereocenters. The van der Waals surface area contributed by atoms with Crippen LogP contribution in [0.5, 0.6) is 5.75 Å². The Morgan fingerprint density at radius 3 is 2.30 bits per heavy atom. The molecule has 4 rings (SSSR count). The second kappa shape index (κ2) is 4.57. The fourth-order valence-corrected chi connectivity index (χ4v) is 3.58. The Labute approximate surface area is 119 Å². The lowest BCUT2D eigenvalue weighted by molar-refractivity contribution is -0.155. The maximum Gasteiger partial charge on any atom is 0.317 e. The highest BCUT2D eigenvalue weighted by molar-refractivity contribution is 5.79. The zero-order chi connectivity index (χ0) is 14.4. The van der Waals surface area contributed by atoms with Crippen molar-refractivity contribution in [1.29, 1.82) is 0 Å². The highest BCUT2D eigenvalue weighted by Gasteiger charge is 2.51. The Morgan fingerprint density at radius 2 is 1.75 bits per heavy atom. The molecule has 0 radical (unpaired) electrons. The molecule has 0 amide bonds. The van der Waals surface area contributed by atoms with E-state index in [2.05, 4.69) is 6.92 Å². The molecule has 0 aromatic heterocycles. The summed E-state index contributed by atoms with van der Waals surface area (Å²) in [6.45, 7) is 4.12. The molecular weight excluding hydrogens is 255 g/mol. The van der Waals surface area contributed by atoms with Gasteiger partial charge in [-0.1, -0.05) is 13.0 Å². The van der Waals surface area contributed by atoms with E-state index in [1.54, 1.807) is 12.1 Å². The van der Waals surface area contributed by atoms with Crippen LogP contribution in [-0.4, -0.2) is 5.97 Å². The van der Waals surface area contributed by atoms with Crippen LogP contribution in [0.1, 0.15) is 51.0 Å². The zero-order valence-corrected chi connectivity index (χ0v) is 12.2. The van der Waals surface area contributed by atoms with Crippen molar-refractivity contribution in [3.8, 4) is 5.75 Å². The summed E-state index contributed by atoms with van der Waals surface area (Å²) in [4.78, 5) is 12.5. The molecule has 0 saturated heterocycles. The van der Waals surface area contributed by atoms with Crippen molar-refractivity contribution in [3.63, 3.8) is 0 Å². The first-order valence-corrected chi connectivity index (χ1v) is 7.41. The van der Waals surface area contributed by atoms with Gasteiger partial charge in [-0.25, -0.2) is 4.39 Å². The number of fused-ring (bicyclic) bond motifs is 3. The summed E-state index contributed by atoms with van der Waals surface area (Å²) in [5, 5.41) is 0. The van der Waals surface area contributed by atoms with Gasteiger partial charge < -0.3 is 4.74 Å². The van der Waals surface area contributed by atoms with Gasteiger partial charge in [0.25, 0.3) is 0 Å². The predicted molar refractivity (Wildman–Crippen MR) is 75.0 cm³/mol. The number of esters is 1. The lowest BCUT2D eigenvalue weighted by Gasteiger charge is -2.50. The van der Waals surface area contributed by atoms with Crippen LogP contribution in [0.25, 0.3) is 0 Å². The van der Waals surface area contributed by atoms with E-state index in [1.165, 1.54) is 6.07 Å². The lowest BCUT2D eigenvalue weighted by atomic mass is 9.54. The summed E-state index contributed by atoms with van der Waals surface area (Å²) in [6.07, 6.45) is 5.90. The van der Waals surface area contributed by atoms with Crippen LogP contribution in [0.4, 0.5) is 4.39 Å². The van der Waals surface area contributed by atoms with E-state index in [1.807, 2.05) is 6.92 Å². The van der Waals surface area contributed by atoms with Crippen molar-refractivity contribution in [2.45, 2.75) is 52.4 Å². The number of halogens is 1. The third-order valence-electron chi connectivity index (χ3n) is 5.34. The van der Waals surface area contributed by atoms with Crippen molar-refractivity contribution in [1.82, 2.24) is 0 Å². The number of rotatable bonds is 2. The minimum Gasteiger partial charge on any atom is -0.423 e. The summed E-state index contributed by atoms with van der Waals surface area (Å²) >= 11 is 0. The number of aryl methyl sites for hydroxylation is 1. The molecule has 0 heterocycles. The molecule has 20 heavy (non-hydrogen) atoms. The van der Waals surface area contributed by atoms with Gasteiger partial charge in [0, 0.05) is 0 Å². The Balaban J connectivity index is 1.76. The van der Waals surface area contributed by atoms with Crippen molar-refractivity contribution in [3.05, 3.63) is 29.6 Å². The van der Waals surface area contributed by atoms with Crippen molar-refractivity contribution >= 4 is 5.97 Å². The minimum absolute atomic E-state index is 0.0638. The molecule has 2 bridgehead atoms. The van der Waals surface area contributed by atoms with Crippen molar-refractivity contribution in [2.75, 3.05) is 0 Å². The fraction of sp³-hybridized carbons (Fsp3) is 0.588. The van der Waals surface area contributed by atoms with E-state index in [9.17, 15) is 9.18 Å². The number of benzene rings is 1. The average Bonchev–Trinajstić information content (AvgIpc) is 2.43. The second-order valence-corrected chi connectivity index (χ2v) is 6.91. The second-order valence-electron chi connectivity index (χ2n) is 6.91. The van der Waals surface area contributed by atoms with Gasteiger partial charge in [-0.2, -0.15) is 0 Å². The zero-order valence-electron chi connectivity index (χ0n) is 12.2. The van der Waals surface area contributed by atoms with Gasteiger partial charge >= 0.3 is 5.97 Å². The van der Waals surface area contributed by atoms with E-state index >= 15 is 0 Å². The lowest BCUT2D eigenvalue weighted by Crippen LogP contribution is -2.46. The van der Waals surface area contributed by atoms with Gasteiger partial charge in [-0.15, -0.1) is 0 Å². The molecule has 2 nitrogen and oxygen atoms in total. The molecule has 0 spiro atoms. The fourth-order valence-electron chi connectivity index (χ4n) is 3.58. The van der Waals surface area contributed by atoms with Gasteiger partial charge in [-0.05, 0) is 68.6 Å². The quantitative estimate of drug-likeness (QED) is 0.591. The molecule has 1 aromatic carbocycles. The maximum absolute atomic E-state index is 13.8. The predicted octanol–water partition coefficient (Wildman–Crippen LogP) is 4.40. The van der Waals surface area contributed by atoms with E-state index in [0.29, 0.717) is 5.41 Å². The van der Waals surface area contributed by atoms with Crippen LogP contribution in [0.3, 0.4) is 0 Å². The molecule has 108 valence electrons. The number of hydrogen-bond donors (Lipinski definition) is 0. The molecule has 3 saturated carbocycles. The van der Waals surface area contributed by atoms with Crippen LogP contribution in [0.2, 0.25) is 0 Å². The Morgan fingerprint density at radius 1 is 1.15 bits per heavy atom. The van der Waals surface area contributed by atoms with E-state index < -0.39 is 5.82 Å². The smallest absolute Gasteiger partial charge is 0.317 e. The molecule has 3 aliphatic carbocycles. The van der Waals surface area contributed by atoms with Gasteiger partial charge in [-0.3, -0.25) is 4.79 Å². The SMILES string of the molecule is Cc1ccc(OC(=O)C23CCC(C)(CC2)CC3)c(F)c1. The van der Waals surface area contributed by atoms with Gasteiger partial charge in [0.1, 0.15) is 0 Å². The molecule has 3 fully saturated rings. The van der Waals surface area contributed by atoms with Gasteiger partial charge in [0.15, 0.2) is 11.6 Å². The Bertz CT molecular complexity index is 525. The molecule has 3 heteroatoms. The summed E-state index contributed by atoms with van der Waals surface area (Å²) in [5.41, 5.74) is 0.873. The number of ether oxygens (including phenoxy) is 1. The average molecular weight is 276 g/mol. The number of hydrogen-bond acceptors (Lipinski definition) is 2. The molecule has 1 aromatic rings. The summed E-state index contributed by atoms with van der Waals surface area (Å²) in [7, 11) is 0. The van der Waals surface area contributed by atoms with E-state index in [0.717, 1.165) is 44.1 Å². The molecule has 0 N–H and O–H groups in total. The van der Waals surface area contributed by atoms with Crippen LogP contribution >= 0.6 is 0 Å². The number of carbonyl (C=O) groups is 1. The normalized spacial score (nSPS) is 32.1. The van der Waals surface area contributed by atoms with Crippen LogP contribution in [-0.2, 0) is 4.79 Å². The van der Waals surface area contributed by atoms with Gasteiger partial charge in [0.2, 0.25) is 0 Å². The first-order chi connectivity index (χ1) is 9.42. The van der Waals surface area contributed by atoms with Crippen LogP contribution in [0.15, 0.2) is 18.2 Å². The van der Waals surface area contributed by atoms with E-state index in [4.69, 9.17) is 4.74 Å². The van der Waals surface area contributed by atoms with Crippen molar-refractivity contribution in [2.24, 2.45) is 10.8 Å². The maximum atomic E-state index is 13.8. The summed E-state index contributed by atoms with van der Waals surface area (Å²) < 4.78 is 19.2. The van der Waals surface area contributed by atoms with Gasteiger partial charge in [0.05, 0.1) is 5.41 Å². The first-order valence-electron chi connectivity index (χ1n) is 7.41. The third kappa shape index (κ3) is 2.23. The number of carbonyl (C=O) groups excluding carboxylic acids is 1. The van der Waals surface area contributed by atoms with Crippen LogP contribution < -0.4 is 4.74 Å². The minimum atomic E-state index is -0.453. The first kappa shape index (κ1) is 13.6. The Kier molecular flexibility index (Phi) is 3.11. The van der Waals surface area contributed by atoms with Crippen LogP contribution in [0, 0.1) is 23.6 Å². The monoisotopic (exact) mass is 276 g/mol. The highest BCUT2D eigenvalue weighted by Crippen LogP contribution is 2.57. The largest absolute Gasteiger partial charge is 0.423 e. The third-order valence-corrected chi connectivity index (χ3v) is 5.34. The highest BCUT2D eigenvalue weighted by atomic mass is 19.1. The summed E-state index contributed by atoms with van der Waals surface area (Å²) in [6, 6.07) is 4.72. The van der Waals surface area contributed by atoms with E-state index in [-0.39, 0.29) is 17.1 Å². The Hall–Kier alpha value is -1.38. The van der Waals surface area contributed by atoms with Crippen molar-refractivity contribution < 1.29 is 13.9 Å². The molecule has 3 aliphatic rings. The summed E-state index contributed by atoms with van der Waals surface area (Å²) in [5.74, 6) is -0.623. The standard InChI is InChI=1S/C17H21FO2/c1-12-3-4-14(13(18)11-12)20-15(19)17-8-5-16(2,6-9-17)7-10-17/h3-4,11H,5-10H2,1-2H3. The topological polar surface area (TPSA) is 26.3 Å².